The maximum absolute atomic E-state index is 13.9. The molecule has 0 aliphatic carbocycles. The summed E-state index contributed by atoms with van der Waals surface area (Å²) in [5.41, 5.74) is 5.10. The lowest BCUT2D eigenvalue weighted by Gasteiger charge is -2.26. The third-order valence-corrected chi connectivity index (χ3v) is 8.36. The summed E-state index contributed by atoms with van der Waals surface area (Å²) in [6.07, 6.45) is 3.92. The fourth-order valence-corrected chi connectivity index (χ4v) is 6.28. The molecule has 2 heterocycles. The summed E-state index contributed by atoms with van der Waals surface area (Å²) in [5, 5.41) is 1.03. The van der Waals surface area contributed by atoms with E-state index in [1.807, 2.05) is 24.3 Å². The molecule has 3 nitrogen and oxygen atoms in total. The van der Waals surface area contributed by atoms with Crippen LogP contribution in [0, 0.1) is 6.92 Å². The van der Waals surface area contributed by atoms with Gasteiger partial charge in [0.2, 0.25) is 0 Å². The minimum Gasteiger partial charge on any atom is -0.492 e. The number of carbonyl (C=O) groups is 1. The van der Waals surface area contributed by atoms with E-state index in [4.69, 9.17) is 4.74 Å². The highest BCUT2D eigenvalue weighted by atomic mass is 32.1. The van der Waals surface area contributed by atoms with Crippen molar-refractivity contribution in [1.82, 2.24) is 4.90 Å². The van der Waals surface area contributed by atoms with Crippen molar-refractivity contribution in [3.8, 4) is 16.2 Å². The lowest BCUT2D eigenvalue weighted by molar-refractivity contribution is 0.104. The maximum atomic E-state index is 13.9. The number of hydrogen-bond acceptors (Lipinski definition) is 4. The fourth-order valence-electron chi connectivity index (χ4n) is 4.97. The zero-order chi connectivity index (χ0) is 25.1. The van der Waals surface area contributed by atoms with Crippen molar-refractivity contribution in [2.75, 3.05) is 26.2 Å². The van der Waals surface area contributed by atoms with Crippen LogP contribution >= 0.6 is 11.3 Å². The van der Waals surface area contributed by atoms with Crippen molar-refractivity contribution in [2.45, 2.75) is 46.0 Å². The molecular weight excluding hydrogens is 462 g/mol. The van der Waals surface area contributed by atoms with Crippen molar-refractivity contribution in [3.63, 3.8) is 0 Å². The van der Waals surface area contributed by atoms with E-state index in [9.17, 15) is 4.79 Å². The van der Waals surface area contributed by atoms with E-state index in [2.05, 4.69) is 68.1 Å². The number of hydrogen-bond donors (Lipinski definition) is 0. The summed E-state index contributed by atoms with van der Waals surface area (Å²) in [7, 11) is 0. The smallest absolute Gasteiger partial charge is 0.195 e. The molecule has 4 heteroatoms. The highest BCUT2D eigenvalue weighted by molar-refractivity contribution is 7.22. The van der Waals surface area contributed by atoms with Crippen LogP contribution in [0.15, 0.2) is 66.7 Å². The zero-order valence-corrected chi connectivity index (χ0v) is 22.4. The fraction of sp³-hybridized carbons (Fsp3) is 0.344. The average molecular weight is 498 g/mol. The van der Waals surface area contributed by atoms with E-state index >= 15 is 0 Å². The number of ether oxygens (including phenoxy) is 1. The summed E-state index contributed by atoms with van der Waals surface area (Å²) < 4.78 is 7.14. The van der Waals surface area contributed by atoms with E-state index < -0.39 is 0 Å². The number of nitrogens with zero attached hydrogens (tertiary/aromatic N) is 1. The quantitative estimate of drug-likeness (QED) is 0.230. The van der Waals surface area contributed by atoms with Gasteiger partial charge in [0, 0.05) is 32.6 Å². The number of carbonyl (C=O) groups excluding carboxylic acids is 1. The number of piperidine rings is 1. The second-order valence-electron chi connectivity index (χ2n) is 10.2. The van der Waals surface area contributed by atoms with Crippen molar-refractivity contribution in [1.29, 1.82) is 0 Å². The average Bonchev–Trinajstić information content (AvgIpc) is 3.28. The Morgan fingerprint density at radius 1 is 0.944 bits per heavy atom. The Kier molecular flexibility index (Phi) is 7.54. The van der Waals surface area contributed by atoms with Gasteiger partial charge in [-0.15, -0.1) is 11.3 Å². The highest BCUT2D eigenvalue weighted by Gasteiger charge is 2.22. The van der Waals surface area contributed by atoms with Crippen molar-refractivity contribution in [3.05, 3.63) is 89.0 Å². The first-order chi connectivity index (χ1) is 17.5. The molecule has 1 aromatic heterocycles. The van der Waals surface area contributed by atoms with Crippen molar-refractivity contribution >= 4 is 27.2 Å². The van der Waals surface area contributed by atoms with Gasteiger partial charge in [-0.2, -0.15) is 0 Å². The molecule has 0 bridgehead atoms. The molecule has 0 saturated carbocycles. The molecule has 0 amide bonds. The largest absolute Gasteiger partial charge is 0.492 e. The van der Waals surface area contributed by atoms with Gasteiger partial charge in [0.05, 0.1) is 0 Å². The Bertz CT molecular complexity index is 1330. The topological polar surface area (TPSA) is 29.5 Å². The highest BCUT2D eigenvalue weighted by Crippen LogP contribution is 2.40. The van der Waals surface area contributed by atoms with Gasteiger partial charge in [0.1, 0.15) is 12.4 Å². The summed E-state index contributed by atoms with van der Waals surface area (Å²) in [4.78, 5) is 17.4. The minimum absolute atomic E-state index is 0.0629. The van der Waals surface area contributed by atoms with Crippen LogP contribution in [0.2, 0.25) is 0 Å². The molecule has 186 valence electrons. The molecule has 3 aromatic carbocycles. The minimum atomic E-state index is 0.0629. The van der Waals surface area contributed by atoms with Crippen LogP contribution < -0.4 is 4.74 Å². The molecule has 1 fully saturated rings. The molecule has 1 saturated heterocycles. The number of rotatable bonds is 8. The molecule has 1 aliphatic heterocycles. The van der Waals surface area contributed by atoms with E-state index in [-0.39, 0.29) is 5.78 Å². The number of aryl methyl sites for hydroxylation is 1. The van der Waals surface area contributed by atoms with Gasteiger partial charge in [-0.3, -0.25) is 9.69 Å². The first-order valence-corrected chi connectivity index (χ1v) is 13.9. The molecule has 4 aromatic rings. The van der Waals surface area contributed by atoms with Crippen LogP contribution in [0.5, 0.6) is 5.75 Å². The maximum Gasteiger partial charge on any atom is 0.195 e. The van der Waals surface area contributed by atoms with Crippen LogP contribution in [0.3, 0.4) is 0 Å². The summed E-state index contributed by atoms with van der Waals surface area (Å²) in [6.45, 7) is 10.5. The number of thiophene rings is 1. The Balaban J connectivity index is 1.40. The molecule has 0 N–H and O–H groups in total. The van der Waals surface area contributed by atoms with Crippen LogP contribution in [0.25, 0.3) is 20.5 Å². The molecule has 0 spiro atoms. The number of benzene rings is 3. The number of fused-ring (bicyclic) bond motifs is 1. The molecule has 0 radical (unpaired) electrons. The molecule has 0 atom stereocenters. The molecule has 5 rings (SSSR count). The second-order valence-corrected chi connectivity index (χ2v) is 11.2. The Labute approximate surface area is 218 Å². The van der Waals surface area contributed by atoms with Crippen LogP contribution in [-0.4, -0.2) is 36.9 Å². The van der Waals surface area contributed by atoms with Gasteiger partial charge in [0.25, 0.3) is 0 Å². The lowest BCUT2D eigenvalue weighted by atomic mass is 9.95. The Morgan fingerprint density at radius 3 is 2.36 bits per heavy atom. The first kappa shape index (κ1) is 24.7. The molecular formula is C32H35NO2S. The molecule has 1 aliphatic rings. The Hall–Kier alpha value is -2.95. The van der Waals surface area contributed by atoms with Crippen molar-refractivity contribution < 1.29 is 9.53 Å². The SMILES string of the molecule is Cc1ccc2c(C(=O)c3ccc(OCCN4CCCCC4)cc3)c(-c3ccc(C(C)C)cc3)sc2c1. The third kappa shape index (κ3) is 5.40. The monoisotopic (exact) mass is 497 g/mol. The third-order valence-electron chi connectivity index (χ3n) is 7.15. The summed E-state index contributed by atoms with van der Waals surface area (Å²) in [5.74, 6) is 1.36. The van der Waals surface area contributed by atoms with Crippen LogP contribution in [0.4, 0.5) is 0 Å². The summed E-state index contributed by atoms with van der Waals surface area (Å²) >= 11 is 1.71. The normalized spacial score (nSPS) is 14.4. The van der Waals surface area contributed by atoms with E-state index in [1.165, 1.54) is 43.5 Å². The van der Waals surface area contributed by atoms with Gasteiger partial charge in [-0.1, -0.05) is 56.7 Å². The standard InChI is InChI=1S/C32H35NO2S/c1-22(2)24-8-10-26(11-9-24)32-30(28-16-7-23(3)21-29(28)36-32)31(34)25-12-14-27(15-13-25)35-20-19-33-17-5-4-6-18-33/h7-16,21-22H,4-6,17-20H2,1-3H3. The van der Waals surface area contributed by atoms with Gasteiger partial charge in [0.15, 0.2) is 5.78 Å². The van der Waals surface area contributed by atoms with Crippen LogP contribution in [-0.2, 0) is 0 Å². The van der Waals surface area contributed by atoms with Crippen molar-refractivity contribution in [2.24, 2.45) is 0 Å². The Morgan fingerprint density at radius 2 is 1.67 bits per heavy atom. The molecule has 0 unspecified atom stereocenters. The predicted octanol–water partition coefficient (Wildman–Crippen LogP) is 8.10. The van der Waals surface area contributed by atoms with Gasteiger partial charge in [-0.25, -0.2) is 0 Å². The van der Waals surface area contributed by atoms with Crippen LogP contribution in [0.1, 0.15) is 66.1 Å². The zero-order valence-electron chi connectivity index (χ0n) is 21.5. The van der Waals surface area contributed by atoms with Gasteiger partial charge < -0.3 is 4.74 Å². The summed E-state index contributed by atoms with van der Waals surface area (Å²) in [6, 6.07) is 22.7. The second kappa shape index (κ2) is 11.0. The first-order valence-electron chi connectivity index (χ1n) is 13.1. The van der Waals surface area contributed by atoms with Gasteiger partial charge in [-0.05, 0) is 85.8 Å². The number of ketones is 1. The predicted molar refractivity (Wildman–Crippen MR) is 152 cm³/mol. The van der Waals surface area contributed by atoms with E-state index in [0.717, 1.165) is 38.4 Å². The van der Waals surface area contributed by atoms with E-state index in [1.54, 1.807) is 11.3 Å². The molecule has 36 heavy (non-hydrogen) atoms. The lowest BCUT2D eigenvalue weighted by Crippen LogP contribution is -2.33. The van der Waals surface area contributed by atoms with E-state index in [0.29, 0.717) is 18.1 Å². The van der Waals surface area contributed by atoms with Gasteiger partial charge >= 0.3 is 0 Å². The number of likely N-dealkylation sites (tertiary alicyclic amines) is 1.